The highest BCUT2D eigenvalue weighted by Gasteiger charge is 2.15. The fourth-order valence-electron chi connectivity index (χ4n) is 1.77. The number of carbonyl (C=O) groups is 2. The molecule has 0 fully saturated rings. The Morgan fingerprint density at radius 2 is 1.61 bits per heavy atom. The second-order valence-corrected chi connectivity index (χ2v) is 6.44. The molecule has 0 saturated heterocycles. The first-order valence-corrected chi connectivity index (χ1v) is 7.93. The summed E-state index contributed by atoms with van der Waals surface area (Å²) in [6.07, 6.45) is 0. The first-order valence-electron chi connectivity index (χ1n) is 7.05. The largest absolute Gasteiger partial charge is 0.272 e. The zero-order valence-electron chi connectivity index (χ0n) is 12.8. The van der Waals surface area contributed by atoms with Crippen LogP contribution in [-0.2, 0) is 4.79 Å². The van der Waals surface area contributed by atoms with Crippen molar-refractivity contribution in [2.45, 2.75) is 24.0 Å². The van der Waals surface area contributed by atoms with Crippen molar-refractivity contribution in [1.82, 2.24) is 10.9 Å². The van der Waals surface area contributed by atoms with E-state index in [9.17, 15) is 14.0 Å². The first-order chi connectivity index (χ1) is 11.0. The second-order valence-electron chi connectivity index (χ2n) is 5.02. The van der Waals surface area contributed by atoms with Crippen LogP contribution in [0.25, 0.3) is 0 Å². The number of hydrazine groups is 1. The van der Waals surface area contributed by atoms with Gasteiger partial charge in [0.15, 0.2) is 0 Å². The van der Waals surface area contributed by atoms with Gasteiger partial charge >= 0.3 is 0 Å². The lowest BCUT2D eigenvalue weighted by atomic mass is 10.2. The fourth-order valence-corrected chi connectivity index (χ4v) is 2.64. The molecule has 2 rings (SSSR count). The highest BCUT2D eigenvalue weighted by atomic mass is 32.2. The van der Waals surface area contributed by atoms with Gasteiger partial charge in [-0.25, -0.2) is 4.39 Å². The minimum atomic E-state index is -0.495. The van der Waals surface area contributed by atoms with Crippen molar-refractivity contribution < 1.29 is 14.0 Å². The Hall–Kier alpha value is -2.34. The average molecular weight is 332 g/mol. The lowest BCUT2D eigenvalue weighted by Gasteiger charge is -2.13. The molecule has 4 nitrogen and oxygen atoms in total. The summed E-state index contributed by atoms with van der Waals surface area (Å²) >= 11 is 1.40. The van der Waals surface area contributed by atoms with Crippen LogP contribution in [0.4, 0.5) is 4.39 Å². The molecular formula is C17H17FN2O2S. The Morgan fingerprint density at radius 3 is 2.22 bits per heavy atom. The Kier molecular flexibility index (Phi) is 5.76. The molecule has 2 aromatic rings. The molecule has 0 aliphatic heterocycles. The molecule has 2 amide bonds. The molecule has 2 N–H and O–H groups in total. The van der Waals surface area contributed by atoms with Gasteiger partial charge < -0.3 is 0 Å². The Morgan fingerprint density at radius 1 is 1.00 bits per heavy atom. The van der Waals surface area contributed by atoms with Gasteiger partial charge in [-0.2, -0.15) is 0 Å². The van der Waals surface area contributed by atoms with Crippen molar-refractivity contribution in [1.29, 1.82) is 0 Å². The maximum absolute atomic E-state index is 12.8. The summed E-state index contributed by atoms with van der Waals surface area (Å²) in [6.45, 7) is 3.75. The third-order valence-electron chi connectivity index (χ3n) is 3.11. The van der Waals surface area contributed by atoms with Crippen LogP contribution in [0, 0.1) is 12.7 Å². The van der Waals surface area contributed by atoms with Crippen molar-refractivity contribution in [3.05, 3.63) is 65.5 Å². The van der Waals surface area contributed by atoms with Crippen LogP contribution < -0.4 is 10.9 Å². The molecule has 0 bridgehead atoms. The normalized spacial score (nSPS) is 11.6. The van der Waals surface area contributed by atoms with Gasteiger partial charge in [-0.05, 0) is 50.2 Å². The number of rotatable bonds is 4. The quantitative estimate of drug-likeness (QED) is 0.668. The predicted octanol–water partition coefficient (Wildman–Crippen LogP) is 3.08. The van der Waals surface area contributed by atoms with Crippen molar-refractivity contribution in [3.63, 3.8) is 0 Å². The molecule has 2 aromatic carbocycles. The fraction of sp³-hybridized carbons (Fsp3) is 0.176. The van der Waals surface area contributed by atoms with Gasteiger partial charge in [-0.1, -0.05) is 17.7 Å². The van der Waals surface area contributed by atoms with E-state index in [2.05, 4.69) is 10.9 Å². The number of benzene rings is 2. The number of aryl methyl sites for hydroxylation is 1. The number of hydrogen-bond acceptors (Lipinski definition) is 3. The minimum Gasteiger partial charge on any atom is -0.272 e. The smallest absolute Gasteiger partial charge is 0.269 e. The highest BCUT2D eigenvalue weighted by Crippen LogP contribution is 2.23. The van der Waals surface area contributed by atoms with E-state index in [1.54, 1.807) is 6.92 Å². The Balaban J connectivity index is 1.84. The molecule has 120 valence electrons. The van der Waals surface area contributed by atoms with Crippen molar-refractivity contribution in [2.24, 2.45) is 0 Å². The lowest BCUT2D eigenvalue weighted by molar-refractivity contribution is -0.121. The molecule has 0 spiro atoms. The van der Waals surface area contributed by atoms with Crippen LogP contribution in [0.15, 0.2) is 53.4 Å². The van der Waals surface area contributed by atoms with Gasteiger partial charge in [0, 0.05) is 10.5 Å². The third kappa shape index (κ3) is 5.10. The molecule has 0 radical (unpaired) electrons. The van der Waals surface area contributed by atoms with Crippen molar-refractivity contribution in [3.8, 4) is 0 Å². The summed E-state index contributed by atoms with van der Waals surface area (Å²) in [5, 5.41) is -0.369. The van der Waals surface area contributed by atoms with Crippen LogP contribution in [-0.4, -0.2) is 17.1 Å². The summed E-state index contributed by atoms with van der Waals surface area (Å²) in [5.74, 6) is -1.23. The summed E-state index contributed by atoms with van der Waals surface area (Å²) in [7, 11) is 0. The van der Waals surface area contributed by atoms with E-state index in [1.807, 2.05) is 31.2 Å². The molecule has 0 aliphatic rings. The van der Waals surface area contributed by atoms with E-state index < -0.39 is 11.7 Å². The molecule has 0 aliphatic carbocycles. The molecule has 0 saturated carbocycles. The van der Waals surface area contributed by atoms with E-state index in [1.165, 1.54) is 36.0 Å². The van der Waals surface area contributed by atoms with Crippen molar-refractivity contribution in [2.75, 3.05) is 0 Å². The topological polar surface area (TPSA) is 58.2 Å². The molecule has 6 heteroatoms. The van der Waals surface area contributed by atoms with E-state index in [4.69, 9.17) is 0 Å². The van der Waals surface area contributed by atoms with Crippen LogP contribution in [0.5, 0.6) is 0 Å². The zero-order chi connectivity index (χ0) is 16.8. The number of carbonyl (C=O) groups excluding carboxylic acids is 2. The standard InChI is InChI=1S/C17H17FN2O2S/c1-11-3-9-15(10-4-11)23-12(2)16(21)19-20-17(22)13-5-7-14(18)8-6-13/h3-10,12H,1-2H3,(H,19,21)(H,20,22)/t12-/m0/s1. The number of thioether (sulfide) groups is 1. The molecular weight excluding hydrogens is 315 g/mol. The van der Waals surface area contributed by atoms with E-state index in [-0.39, 0.29) is 16.7 Å². The second kappa shape index (κ2) is 7.78. The molecule has 23 heavy (non-hydrogen) atoms. The molecule has 0 heterocycles. The summed E-state index contributed by atoms with van der Waals surface area (Å²) < 4.78 is 12.8. The van der Waals surface area contributed by atoms with Crippen LogP contribution in [0.3, 0.4) is 0 Å². The summed E-state index contributed by atoms with van der Waals surface area (Å²) in [6, 6.07) is 12.9. The van der Waals surface area contributed by atoms with Gasteiger partial charge in [0.05, 0.1) is 5.25 Å². The minimum absolute atomic E-state index is 0.269. The van der Waals surface area contributed by atoms with E-state index in [0.29, 0.717) is 0 Å². The summed E-state index contributed by atoms with van der Waals surface area (Å²) in [5.41, 5.74) is 6.11. The first kappa shape index (κ1) is 17.0. The van der Waals surface area contributed by atoms with Gasteiger partial charge in [-0.15, -0.1) is 11.8 Å². The monoisotopic (exact) mass is 332 g/mol. The number of nitrogens with one attached hydrogen (secondary N) is 2. The number of amides is 2. The van der Waals surface area contributed by atoms with Crippen LogP contribution >= 0.6 is 11.8 Å². The zero-order valence-corrected chi connectivity index (χ0v) is 13.6. The number of hydrogen-bond donors (Lipinski definition) is 2. The van der Waals surface area contributed by atoms with Gasteiger partial charge in [-0.3, -0.25) is 20.4 Å². The highest BCUT2D eigenvalue weighted by molar-refractivity contribution is 8.00. The average Bonchev–Trinajstić information content (AvgIpc) is 2.55. The van der Waals surface area contributed by atoms with Gasteiger partial charge in [0.1, 0.15) is 5.82 Å². The predicted molar refractivity (Wildman–Crippen MR) is 88.5 cm³/mol. The third-order valence-corrected chi connectivity index (χ3v) is 4.22. The Bertz CT molecular complexity index is 687. The maximum atomic E-state index is 12.8. The molecule has 0 unspecified atom stereocenters. The lowest BCUT2D eigenvalue weighted by Crippen LogP contribution is -2.44. The van der Waals surface area contributed by atoms with E-state index >= 15 is 0 Å². The SMILES string of the molecule is Cc1ccc(S[C@@H](C)C(=O)NNC(=O)c2ccc(F)cc2)cc1. The maximum Gasteiger partial charge on any atom is 0.269 e. The van der Waals surface area contributed by atoms with E-state index in [0.717, 1.165) is 10.5 Å². The summed E-state index contributed by atoms with van der Waals surface area (Å²) in [4.78, 5) is 24.8. The van der Waals surface area contributed by atoms with Gasteiger partial charge in [0.2, 0.25) is 0 Å². The van der Waals surface area contributed by atoms with Crippen molar-refractivity contribution >= 4 is 23.6 Å². The number of halogens is 1. The molecule has 1 atom stereocenters. The van der Waals surface area contributed by atoms with Gasteiger partial charge in [0.25, 0.3) is 11.8 Å². The Labute approximate surface area is 138 Å². The molecule has 0 aromatic heterocycles. The van der Waals surface area contributed by atoms with Crippen LogP contribution in [0.1, 0.15) is 22.8 Å². The van der Waals surface area contributed by atoms with Crippen LogP contribution in [0.2, 0.25) is 0 Å².